The van der Waals surface area contributed by atoms with Crippen molar-refractivity contribution < 1.29 is 22.6 Å². The van der Waals surface area contributed by atoms with Gasteiger partial charge < -0.3 is 9.47 Å². The second-order valence-electron chi connectivity index (χ2n) is 1.42. The van der Waals surface area contributed by atoms with Crippen molar-refractivity contribution in [3.8, 4) is 0 Å². The van der Waals surface area contributed by atoms with Crippen molar-refractivity contribution in [2.24, 2.45) is 0 Å². The van der Waals surface area contributed by atoms with E-state index in [0.717, 1.165) is 12.5 Å². The molecule has 0 amide bonds. The van der Waals surface area contributed by atoms with E-state index in [9.17, 15) is 13.2 Å². The van der Waals surface area contributed by atoms with E-state index in [4.69, 9.17) is 0 Å². The minimum absolute atomic E-state index is 0.859. The number of hydrogen-bond donors (Lipinski definition) is 0. The maximum Gasteiger partial charge on any atom is 0.464 e. The number of ether oxygens (including phenoxy) is 2. The van der Waals surface area contributed by atoms with Gasteiger partial charge in [-0.3, -0.25) is 0 Å². The van der Waals surface area contributed by atoms with Crippen LogP contribution in [0.5, 0.6) is 0 Å². The maximum atomic E-state index is 11.5. The minimum atomic E-state index is -4.43. The summed E-state index contributed by atoms with van der Waals surface area (Å²) in [5.41, 5.74) is 0. The lowest BCUT2D eigenvalue weighted by atomic mass is 10.6. The highest BCUT2D eigenvalue weighted by atomic mass is 19.4. The standard InChI is InChI=1S/C4H3F3O2/c5-4(6,7)3-8-1-2-9-3/h1-3H. The molecule has 0 aromatic carbocycles. The second kappa shape index (κ2) is 1.82. The van der Waals surface area contributed by atoms with Gasteiger partial charge in [0.15, 0.2) is 0 Å². The first-order valence-electron chi connectivity index (χ1n) is 2.13. The van der Waals surface area contributed by atoms with Gasteiger partial charge >= 0.3 is 12.5 Å². The van der Waals surface area contributed by atoms with Crippen LogP contribution in [0.1, 0.15) is 0 Å². The molecule has 0 bridgehead atoms. The van der Waals surface area contributed by atoms with Crippen LogP contribution in [0.2, 0.25) is 0 Å². The second-order valence-corrected chi connectivity index (χ2v) is 1.42. The smallest absolute Gasteiger partial charge is 0.452 e. The van der Waals surface area contributed by atoms with E-state index in [1.165, 1.54) is 0 Å². The number of alkyl halides is 3. The number of halogens is 3. The molecule has 1 rings (SSSR count). The first kappa shape index (κ1) is 6.25. The largest absolute Gasteiger partial charge is 0.464 e. The summed E-state index contributed by atoms with van der Waals surface area (Å²) in [5.74, 6) is 0. The van der Waals surface area contributed by atoms with Crippen LogP contribution in [-0.2, 0) is 9.47 Å². The molecule has 0 unspecified atom stereocenters. The predicted octanol–water partition coefficient (Wildman–Crippen LogP) is 1.39. The normalized spacial score (nSPS) is 19.4. The average Bonchev–Trinajstić information content (AvgIpc) is 2.08. The molecular weight excluding hydrogens is 137 g/mol. The Morgan fingerprint density at radius 2 is 1.56 bits per heavy atom. The van der Waals surface area contributed by atoms with Crippen LogP contribution in [0.4, 0.5) is 13.2 Å². The number of hydrogen-bond acceptors (Lipinski definition) is 2. The van der Waals surface area contributed by atoms with Gasteiger partial charge in [0.25, 0.3) is 0 Å². The van der Waals surface area contributed by atoms with E-state index in [2.05, 4.69) is 9.47 Å². The van der Waals surface area contributed by atoms with Crippen LogP contribution in [0, 0.1) is 0 Å². The molecule has 0 N–H and O–H groups in total. The Morgan fingerprint density at radius 1 is 1.11 bits per heavy atom. The van der Waals surface area contributed by atoms with Crippen molar-refractivity contribution in [3.63, 3.8) is 0 Å². The lowest BCUT2D eigenvalue weighted by Crippen LogP contribution is -2.28. The van der Waals surface area contributed by atoms with Crippen molar-refractivity contribution in [1.82, 2.24) is 0 Å². The van der Waals surface area contributed by atoms with Crippen LogP contribution >= 0.6 is 0 Å². The van der Waals surface area contributed by atoms with Gasteiger partial charge in [-0.1, -0.05) is 0 Å². The Morgan fingerprint density at radius 3 is 1.78 bits per heavy atom. The van der Waals surface area contributed by atoms with E-state index in [-0.39, 0.29) is 0 Å². The summed E-state index contributed by atoms with van der Waals surface area (Å²) >= 11 is 0. The van der Waals surface area contributed by atoms with Gasteiger partial charge in [0.05, 0.1) is 0 Å². The molecule has 1 aliphatic heterocycles. The van der Waals surface area contributed by atoms with E-state index < -0.39 is 12.5 Å². The van der Waals surface area contributed by atoms with Crippen LogP contribution in [-0.4, -0.2) is 12.5 Å². The molecule has 0 radical (unpaired) electrons. The summed E-state index contributed by atoms with van der Waals surface area (Å²) in [4.78, 5) is 0. The van der Waals surface area contributed by atoms with Gasteiger partial charge in [-0.15, -0.1) is 0 Å². The van der Waals surface area contributed by atoms with Crippen molar-refractivity contribution in [2.45, 2.75) is 12.5 Å². The van der Waals surface area contributed by atoms with Crippen LogP contribution in [0.15, 0.2) is 12.5 Å². The van der Waals surface area contributed by atoms with Crippen molar-refractivity contribution in [1.29, 1.82) is 0 Å². The molecule has 0 saturated carbocycles. The van der Waals surface area contributed by atoms with E-state index in [1.807, 2.05) is 0 Å². The summed E-state index contributed by atoms with van der Waals surface area (Å²) in [7, 11) is 0. The molecule has 1 heterocycles. The Kier molecular flexibility index (Phi) is 1.27. The van der Waals surface area contributed by atoms with Crippen LogP contribution in [0.3, 0.4) is 0 Å². The highest BCUT2D eigenvalue weighted by molar-refractivity contribution is 4.74. The highest BCUT2D eigenvalue weighted by Gasteiger charge is 2.44. The van der Waals surface area contributed by atoms with Crippen molar-refractivity contribution >= 4 is 0 Å². The first-order chi connectivity index (χ1) is 4.11. The molecule has 0 aromatic rings. The Labute approximate surface area is 48.9 Å². The molecule has 0 aliphatic carbocycles. The summed E-state index contributed by atoms with van der Waals surface area (Å²) in [5, 5.41) is 0. The Hall–Kier alpha value is -0.870. The quantitative estimate of drug-likeness (QED) is 0.506. The summed E-state index contributed by atoms with van der Waals surface area (Å²) in [6.45, 7) is 0. The van der Waals surface area contributed by atoms with Crippen molar-refractivity contribution in [3.05, 3.63) is 12.5 Å². The van der Waals surface area contributed by atoms with Gasteiger partial charge in [-0.25, -0.2) is 0 Å². The summed E-state index contributed by atoms with van der Waals surface area (Å²) < 4.78 is 42.4. The molecule has 2 nitrogen and oxygen atoms in total. The van der Waals surface area contributed by atoms with Gasteiger partial charge in [-0.2, -0.15) is 13.2 Å². The molecule has 0 spiro atoms. The lowest BCUT2D eigenvalue weighted by molar-refractivity contribution is -0.266. The van der Waals surface area contributed by atoms with Crippen molar-refractivity contribution in [2.75, 3.05) is 0 Å². The average molecular weight is 140 g/mol. The Balaban J connectivity index is 2.46. The fourth-order valence-electron chi connectivity index (χ4n) is 0.393. The zero-order valence-corrected chi connectivity index (χ0v) is 4.18. The molecule has 0 atom stereocenters. The van der Waals surface area contributed by atoms with E-state index in [1.54, 1.807) is 0 Å². The highest BCUT2D eigenvalue weighted by Crippen LogP contribution is 2.26. The van der Waals surface area contributed by atoms with Gasteiger partial charge in [0.1, 0.15) is 12.5 Å². The molecule has 1 aliphatic rings. The molecule has 5 heteroatoms. The van der Waals surface area contributed by atoms with Gasteiger partial charge in [-0.05, 0) is 0 Å². The predicted molar refractivity (Wildman–Crippen MR) is 21.2 cm³/mol. The Bertz CT molecular complexity index is 120. The molecule has 0 aromatic heterocycles. The van der Waals surface area contributed by atoms with Gasteiger partial charge in [0.2, 0.25) is 0 Å². The number of rotatable bonds is 0. The fraction of sp³-hybridized carbons (Fsp3) is 0.500. The van der Waals surface area contributed by atoms with Crippen LogP contribution in [0.25, 0.3) is 0 Å². The molecule has 52 valence electrons. The third-order valence-corrected chi connectivity index (χ3v) is 0.727. The van der Waals surface area contributed by atoms with E-state index in [0.29, 0.717) is 0 Å². The zero-order chi connectivity index (χ0) is 6.91. The zero-order valence-electron chi connectivity index (χ0n) is 4.18. The monoisotopic (exact) mass is 140 g/mol. The maximum absolute atomic E-state index is 11.5. The summed E-state index contributed by atoms with van der Waals surface area (Å²) in [6.07, 6.45) is -4.81. The molecule has 0 saturated heterocycles. The third kappa shape index (κ3) is 1.28. The lowest BCUT2D eigenvalue weighted by Gasteiger charge is -2.12. The van der Waals surface area contributed by atoms with E-state index >= 15 is 0 Å². The molecule has 0 fully saturated rings. The summed E-state index contributed by atoms with van der Waals surface area (Å²) in [6, 6.07) is 0. The molecule has 9 heavy (non-hydrogen) atoms. The topological polar surface area (TPSA) is 18.5 Å². The third-order valence-electron chi connectivity index (χ3n) is 0.727. The molecular formula is C4H3F3O2. The SMILES string of the molecule is FC(F)(F)C1OC=CO1. The fourth-order valence-corrected chi connectivity index (χ4v) is 0.393. The van der Waals surface area contributed by atoms with Gasteiger partial charge in [0, 0.05) is 0 Å². The van der Waals surface area contributed by atoms with Crippen LogP contribution < -0.4 is 0 Å². The minimum Gasteiger partial charge on any atom is -0.452 e. The first-order valence-corrected chi connectivity index (χ1v) is 2.13.